The normalized spacial score (nSPS) is 18.7. The van der Waals surface area contributed by atoms with Crippen LogP contribution in [0.1, 0.15) is 44.2 Å². The van der Waals surface area contributed by atoms with E-state index in [-0.39, 0.29) is 24.3 Å². The number of carbonyl (C=O) groups excluding carboxylic acids is 2. The topological polar surface area (TPSA) is 95.9 Å². The molecule has 0 aromatic heterocycles. The molecule has 0 spiro atoms. The van der Waals surface area contributed by atoms with Crippen molar-refractivity contribution in [1.29, 1.82) is 0 Å². The van der Waals surface area contributed by atoms with E-state index in [0.717, 1.165) is 22.3 Å². The highest BCUT2D eigenvalue weighted by Gasteiger charge is 2.43. The van der Waals surface area contributed by atoms with E-state index < -0.39 is 30.1 Å². The van der Waals surface area contributed by atoms with E-state index in [9.17, 15) is 19.5 Å². The Morgan fingerprint density at radius 3 is 2.09 bits per heavy atom. The smallest absolute Gasteiger partial charge is 0.407 e. The van der Waals surface area contributed by atoms with E-state index in [1.165, 1.54) is 4.90 Å². The fourth-order valence-corrected chi connectivity index (χ4v) is 5.09. The van der Waals surface area contributed by atoms with Crippen LogP contribution in [0, 0.1) is 11.8 Å². The number of alkyl carbamates (subject to hydrolysis) is 1. The molecular formula is C26H30N2O5. The van der Waals surface area contributed by atoms with Crippen LogP contribution in [0.5, 0.6) is 0 Å². The lowest BCUT2D eigenvalue weighted by molar-refractivity contribution is -0.160. The molecule has 7 nitrogen and oxygen atoms in total. The van der Waals surface area contributed by atoms with Crippen molar-refractivity contribution in [2.45, 2.75) is 45.2 Å². The SMILES string of the molecule is CC(C)C(C(=O)N1CCC1C(=O)O)C(C)NC(=O)OCC1c2ccccc2-c2ccccc21. The Morgan fingerprint density at radius 2 is 1.61 bits per heavy atom. The Hall–Kier alpha value is -3.35. The summed E-state index contributed by atoms with van der Waals surface area (Å²) < 4.78 is 5.61. The van der Waals surface area contributed by atoms with E-state index in [4.69, 9.17) is 4.74 Å². The minimum atomic E-state index is -0.991. The van der Waals surface area contributed by atoms with Crippen molar-refractivity contribution in [2.75, 3.05) is 13.2 Å². The third-order valence-electron chi connectivity index (χ3n) is 6.82. The molecule has 174 valence electrons. The second-order valence-electron chi connectivity index (χ2n) is 9.20. The van der Waals surface area contributed by atoms with E-state index in [1.807, 2.05) is 38.1 Å². The standard InChI is InChI=1S/C26H30N2O5/c1-15(2)23(24(29)28-13-12-22(28)25(30)31)16(3)27-26(32)33-14-21-19-10-6-4-8-17(19)18-9-5-7-11-20(18)21/h4-11,15-16,21-23H,12-14H2,1-3H3,(H,27,32)(H,30,31). The average molecular weight is 451 g/mol. The van der Waals surface area contributed by atoms with Gasteiger partial charge in [-0.15, -0.1) is 0 Å². The number of likely N-dealkylation sites (tertiary alicyclic amines) is 1. The number of ether oxygens (including phenoxy) is 1. The lowest BCUT2D eigenvalue weighted by Crippen LogP contribution is -2.59. The van der Waals surface area contributed by atoms with Crippen molar-refractivity contribution >= 4 is 18.0 Å². The molecule has 4 rings (SSSR count). The summed E-state index contributed by atoms with van der Waals surface area (Å²) in [5.41, 5.74) is 4.58. The number of benzene rings is 2. The molecule has 2 amide bonds. The Labute approximate surface area is 193 Å². The lowest BCUT2D eigenvalue weighted by atomic mass is 9.86. The second-order valence-corrected chi connectivity index (χ2v) is 9.20. The summed E-state index contributed by atoms with van der Waals surface area (Å²) in [7, 11) is 0. The van der Waals surface area contributed by atoms with Gasteiger partial charge in [0.05, 0.1) is 5.92 Å². The van der Waals surface area contributed by atoms with Gasteiger partial charge in [-0.25, -0.2) is 9.59 Å². The number of nitrogens with one attached hydrogen (secondary N) is 1. The molecule has 1 fully saturated rings. The zero-order valence-electron chi connectivity index (χ0n) is 19.2. The average Bonchev–Trinajstić information content (AvgIpc) is 3.04. The summed E-state index contributed by atoms with van der Waals surface area (Å²) in [6.45, 7) is 6.18. The predicted molar refractivity (Wildman–Crippen MR) is 124 cm³/mol. The summed E-state index contributed by atoms with van der Waals surface area (Å²) in [6, 6.07) is 15.0. The highest BCUT2D eigenvalue weighted by molar-refractivity contribution is 5.87. The molecule has 2 aromatic carbocycles. The largest absolute Gasteiger partial charge is 0.480 e. The minimum absolute atomic E-state index is 0.0432. The van der Waals surface area contributed by atoms with Crippen LogP contribution in [0.15, 0.2) is 48.5 Å². The van der Waals surface area contributed by atoms with Gasteiger partial charge in [-0.3, -0.25) is 4.79 Å². The molecule has 1 aliphatic heterocycles. The van der Waals surface area contributed by atoms with Gasteiger partial charge in [0, 0.05) is 18.5 Å². The maximum absolute atomic E-state index is 13.0. The second kappa shape index (κ2) is 9.25. The van der Waals surface area contributed by atoms with Crippen LogP contribution in [0.3, 0.4) is 0 Å². The molecule has 1 heterocycles. The summed E-state index contributed by atoms with van der Waals surface area (Å²) in [5, 5.41) is 12.1. The molecule has 2 aliphatic rings. The zero-order valence-corrected chi connectivity index (χ0v) is 19.2. The molecule has 3 atom stereocenters. The molecule has 33 heavy (non-hydrogen) atoms. The van der Waals surface area contributed by atoms with Gasteiger partial charge in [0.1, 0.15) is 12.6 Å². The number of hydrogen-bond acceptors (Lipinski definition) is 4. The number of amides is 2. The van der Waals surface area contributed by atoms with Crippen LogP contribution in [-0.2, 0) is 14.3 Å². The fraction of sp³-hybridized carbons (Fsp3) is 0.423. The van der Waals surface area contributed by atoms with E-state index >= 15 is 0 Å². The van der Waals surface area contributed by atoms with Gasteiger partial charge in [0.15, 0.2) is 0 Å². The van der Waals surface area contributed by atoms with Gasteiger partial charge < -0.3 is 20.1 Å². The van der Waals surface area contributed by atoms with Gasteiger partial charge in [-0.1, -0.05) is 62.4 Å². The Balaban J connectivity index is 1.40. The Morgan fingerprint density at radius 1 is 1.03 bits per heavy atom. The van der Waals surface area contributed by atoms with Crippen LogP contribution in [-0.4, -0.2) is 53.2 Å². The van der Waals surface area contributed by atoms with Crippen LogP contribution in [0.4, 0.5) is 4.79 Å². The number of carboxylic acids is 1. The number of aliphatic carboxylic acids is 1. The maximum atomic E-state index is 13.0. The van der Waals surface area contributed by atoms with Crippen molar-refractivity contribution in [3.05, 3.63) is 59.7 Å². The summed E-state index contributed by atoms with van der Waals surface area (Å²) in [5.74, 6) is -1.88. The minimum Gasteiger partial charge on any atom is -0.480 e. The van der Waals surface area contributed by atoms with E-state index in [1.54, 1.807) is 6.92 Å². The van der Waals surface area contributed by atoms with Crippen molar-refractivity contribution in [2.24, 2.45) is 11.8 Å². The van der Waals surface area contributed by atoms with Crippen molar-refractivity contribution in [3.63, 3.8) is 0 Å². The highest BCUT2D eigenvalue weighted by atomic mass is 16.5. The molecule has 0 radical (unpaired) electrons. The predicted octanol–water partition coefficient (Wildman–Crippen LogP) is 3.87. The number of hydrogen-bond donors (Lipinski definition) is 2. The monoisotopic (exact) mass is 450 g/mol. The van der Waals surface area contributed by atoms with Gasteiger partial charge in [-0.2, -0.15) is 0 Å². The molecular weight excluding hydrogens is 420 g/mol. The van der Waals surface area contributed by atoms with Crippen molar-refractivity contribution in [1.82, 2.24) is 10.2 Å². The maximum Gasteiger partial charge on any atom is 0.407 e. The molecule has 2 N–H and O–H groups in total. The first-order chi connectivity index (χ1) is 15.8. The first kappa shape index (κ1) is 22.8. The molecule has 1 aliphatic carbocycles. The van der Waals surface area contributed by atoms with Gasteiger partial charge >= 0.3 is 12.1 Å². The van der Waals surface area contributed by atoms with Crippen LogP contribution >= 0.6 is 0 Å². The van der Waals surface area contributed by atoms with Gasteiger partial charge in [-0.05, 0) is 41.5 Å². The Bertz CT molecular complexity index is 1020. The highest BCUT2D eigenvalue weighted by Crippen LogP contribution is 2.44. The first-order valence-electron chi connectivity index (χ1n) is 11.4. The number of rotatable bonds is 7. The Kier molecular flexibility index (Phi) is 6.40. The lowest BCUT2D eigenvalue weighted by Gasteiger charge is -2.42. The summed E-state index contributed by atoms with van der Waals surface area (Å²) in [4.78, 5) is 38.4. The molecule has 3 unspecified atom stereocenters. The number of carboxylic acid groups (broad SMARTS) is 1. The van der Waals surface area contributed by atoms with Crippen molar-refractivity contribution in [3.8, 4) is 11.1 Å². The summed E-state index contributed by atoms with van der Waals surface area (Å²) in [6.07, 6.45) is -0.124. The van der Waals surface area contributed by atoms with Crippen LogP contribution in [0.25, 0.3) is 11.1 Å². The van der Waals surface area contributed by atoms with E-state index in [0.29, 0.717) is 13.0 Å². The molecule has 0 saturated carbocycles. The molecule has 0 bridgehead atoms. The third-order valence-corrected chi connectivity index (χ3v) is 6.82. The number of carbonyl (C=O) groups is 3. The van der Waals surface area contributed by atoms with Gasteiger partial charge in [0.25, 0.3) is 0 Å². The van der Waals surface area contributed by atoms with Crippen LogP contribution in [0.2, 0.25) is 0 Å². The first-order valence-corrected chi connectivity index (χ1v) is 11.4. The fourth-order valence-electron chi connectivity index (χ4n) is 5.09. The number of nitrogens with zero attached hydrogens (tertiary/aromatic N) is 1. The molecule has 7 heteroatoms. The number of fused-ring (bicyclic) bond motifs is 3. The van der Waals surface area contributed by atoms with Crippen molar-refractivity contribution < 1.29 is 24.2 Å². The quantitative estimate of drug-likeness (QED) is 0.668. The van der Waals surface area contributed by atoms with Crippen LogP contribution < -0.4 is 5.32 Å². The zero-order chi connectivity index (χ0) is 23.7. The molecule has 2 aromatic rings. The van der Waals surface area contributed by atoms with E-state index in [2.05, 4.69) is 29.6 Å². The third kappa shape index (κ3) is 4.32. The van der Waals surface area contributed by atoms with Gasteiger partial charge in [0.2, 0.25) is 5.91 Å². The summed E-state index contributed by atoms with van der Waals surface area (Å²) >= 11 is 0. The molecule has 1 saturated heterocycles.